The Bertz CT molecular complexity index is 606. The van der Waals surface area contributed by atoms with E-state index in [4.69, 9.17) is 4.74 Å². The molecule has 1 fully saturated rings. The molecule has 1 atom stereocenters. The summed E-state index contributed by atoms with van der Waals surface area (Å²) in [6, 6.07) is 4.05. The van der Waals surface area contributed by atoms with Crippen LogP contribution in [0.3, 0.4) is 0 Å². The van der Waals surface area contributed by atoms with E-state index in [1.54, 1.807) is 19.5 Å². The predicted octanol–water partition coefficient (Wildman–Crippen LogP) is 1.78. The van der Waals surface area contributed by atoms with Gasteiger partial charge in [0.05, 0.1) is 18.5 Å². The lowest BCUT2D eigenvalue weighted by Crippen LogP contribution is -2.36. The number of rotatable bonds is 7. The lowest BCUT2D eigenvalue weighted by molar-refractivity contribution is 0.210. The zero-order chi connectivity index (χ0) is 16.6. The number of methoxy groups -OCH3 is 1. The first-order chi connectivity index (χ1) is 11.8. The molecule has 2 aromatic rings. The average Bonchev–Trinajstić information content (AvgIpc) is 2.64. The van der Waals surface area contributed by atoms with Crippen molar-refractivity contribution in [2.75, 3.05) is 43.6 Å². The summed E-state index contributed by atoms with van der Waals surface area (Å²) in [4.78, 5) is 10.9. The minimum Gasteiger partial charge on any atom is -0.383 e. The van der Waals surface area contributed by atoms with E-state index >= 15 is 0 Å². The molecule has 0 saturated carbocycles. The number of hydrogen-bond acceptors (Lipinski definition) is 7. The van der Waals surface area contributed by atoms with Gasteiger partial charge in [0.25, 0.3) is 0 Å². The summed E-state index contributed by atoms with van der Waals surface area (Å²) in [5, 5.41) is 11.8. The van der Waals surface area contributed by atoms with E-state index in [0.717, 1.165) is 43.4 Å². The second-order valence-electron chi connectivity index (χ2n) is 6.05. The molecular weight excluding hydrogens is 304 g/mol. The van der Waals surface area contributed by atoms with Crippen molar-refractivity contribution in [3.63, 3.8) is 0 Å². The molecule has 3 rings (SSSR count). The molecule has 3 heterocycles. The Morgan fingerprint density at radius 1 is 1.29 bits per heavy atom. The zero-order valence-electron chi connectivity index (χ0n) is 14.1. The van der Waals surface area contributed by atoms with Gasteiger partial charge in [-0.1, -0.05) is 0 Å². The van der Waals surface area contributed by atoms with Crippen LogP contribution in [0.5, 0.6) is 0 Å². The van der Waals surface area contributed by atoms with E-state index in [-0.39, 0.29) is 0 Å². The second-order valence-corrected chi connectivity index (χ2v) is 6.05. The van der Waals surface area contributed by atoms with Crippen LogP contribution >= 0.6 is 0 Å². The lowest BCUT2D eigenvalue weighted by atomic mass is 9.93. The highest BCUT2D eigenvalue weighted by atomic mass is 16.5. The molecule has 24 heavy (non-hydrogen) atoms. The van der Waals surface area contributed by atoms with Crippen molar-refractivity contribution in [2.45, 2.75) is 19.3 Å². The Labute approximate surface area is 142 Å². The zero-order valence-corrected chi connectivity index (χ0v) is 14.1. The molecule has 0 unspecified atom stereocenters. The van der Waals surface area contributed by atoms with Gasteiger partial charge in [-0.3, -0.25) is 4.98 Å². The van der Waals surface area contributed by atoms with Crippen molar-refractivity contribution in [2.24, 2.45) is 5.92 Å². The third kappa shape index (κ3) is 4.61. The molecule has 0 radical (unpaired) electrons. The van der Waals surface area contributed by atoms with Gasteiger partial charge in [-0.25, -0.2) is 4.98 Å². The summed E-state index contributed by atoms with van der Waals surface area (Å²) in [5.74, 6) is 2.33. The molecule has 1 saturated heterocycles. The molecule has 0 aliphatic carbocycles. The summed E-state index contributed by atoms with van der Waals surface area (Å²) in [7, 11) is 1.69. The molecular formula is C17H24N6O. The van der Waals surface area contributed by atoms with Crippen molar-refractivity contribution in [1.82, 2.24) is 20.2 Å². The van der Waals surface area contributed by atoms with E-state index in [0.29, 0.717) is 12.5 Å². The van der Waals surface area contributed by atoms with E-state index in [1.165, 1.54) is 12.8 Å². The van der Waals surface area contributed by atoms with E-state index < -0.39 is 0 Å². The topological polar surface area (TPSA) is 76.1 Å². The summed E-state index contributed by atoms with van der Waals surface area (Å²) in [5.41, 5.74) is 1.04. The van der Waals surface area contributed by atoms with Crippen molar-refractivity contribution in [3.05, 3.63) is 36.4 Å². The third-order valence-electron chi connectivity index (χ3n) is 4.22. The Balaban J connectivity index is 1.53. The van der Waals surface area contributed by atoms with Gasteiger partial charge in [0, 0.05) is 39.1 Å². The fourth-order valence-electron chi connectivity index (χ4n) is 3.03. The molecule has 0 amide bonds. The predicted molar refractivity (Wildman–Crippen MR) is 93.1 cm³/mol. The van der Waals surface area contributed by atoms with Gasteiger partial charge in [-0.15, -0.1) is 5.10 Å². The fraction of sp³-hybridized carbons (Fsp3) is 0.529. The van der Waals surface area contributed by atoms with Crippen molar-refractivity contribution >= 4 is 11.6 Å². The van der Waals surface area contributed by atoms with Crippen molar-refractivity contribution in [1.29, 1.82) is 0 Å². The molecule has 0 aromatic carbocycles. The number of nitrogens with one attached hydrogen (secondary N) is 1. The maximum absolute atomic E-state index is 5.01. The highest BCUT2D eigenvalue weighted by molar-refractivity contribution is 5.36. The Morgan fingerprint density at radius 2 is 2.25 bits per heavy atom. The summed E-state index contributed by atoms with van der Waals surface area (Å²) < 4.78 is 5.01. The molecule has 7 heteroatoms. The van der Waals surface area contributed by atoms with Crippen LogP contribution in [-0.4, -0.2) is 53.5 Å². The number of piperidine rings is 1. The van der Waals surface area contributed by atoms with Crippen LogP contribution in [0, 0.1) is 5.92 Å². The van der Waals surface area contributed by atoms with Gasteiger partial charge >= 0.3 is 0 Å². The van der Waals surface area contributed by atoms with E-state index in [9.17, 15) is 0 Å². The number of nitrogens with zero attached hydrogens (tertiary/aromatic N) is 5. The third-order valence-corrected chi connectivity index (χ3v) is 4.22. The second kappa shape index (κ2) is 8.54. The Kier molecular flexibility index (Phi) is 5.90. The van der Waals surface area contributed by atoms with Crippen LogP contribution in [0.2, 0.25) is 0 Å². The van der Waals surface area contributed by atoms with Gasteiger partial charge in [-0.2, -0.15) is 5.10 Å². The van der Waals surface area contributed by atoms with E-state index in [2.05, 4.69) is 36.4 Å². The number of ether oxygens (including phenoxy) is 1. The largest absolute Gasteiger partial charge is 0.383 e. The van der Waals surface area contributed by atoms with Gasteiger partial charge < -0.3 is 15.0 Å². The molecule has 128 valence electrons. The first-order valence-electron chi connectivity index (χ1n) is 8.41. The molecule has 1 aliphatic rings. The van der Waals surface area contributed by atoms with Gasteiger partial charge in [0.15, 0.2) is 0 Å². The Morgan fingerprint density at radius 3 is 3.00 bits per heavy atom. The fourth-order valence-corrected chi connectivity index (χ4v) is 3.03. The van der Waals surface area contributed by atoms with Crippen LogP contribution in [0.1, 0.15) is 18.5 Å². The maximum Gasteiger partial charge on any atom is 0.148 e. The molecule has 0 bridgehead atoms. The highest BCUT2D eigenvalue weighted by Gasteiger charge is 2.21. The van der Waals surface area contributed by atoms with Gasteiger partial charge in [-0.05, 0) is 37.3 Å². The molecule has 2 aromatic heterocycles. The van der Waals surface area contributed by atoms with E-state index in [1.807, 2.05) is 12.3 Å². The Hall–Kier alpha value is -2.28. The summed E-state index contributed by atoms with van der Waals surface area (Å²) >= 11 is 0. The first-order valence-corrected chi connectivity index (χ1v) is 8.41. The number of hydrogen-bond donors (Lipinski definition) is 1. The average molecular weight is 328 g/mol. The lowest BCUT2D eigenvalue weighted by Gasteiger charge is -2.33. The standard InChI is InChI=1S/C17H24N6O/c1-24-10-8-19-16-5-4-15(21-22-16)11-14-3-2-9-23(13-14)17-12-18-6-7-20-17/h4-7,12,14H,2-3,8-11,13H2,1H3,(H,19,22)/t14-/m0/s1. The van der Waals surface area contributed by atoms with Crippen LogP contribution in [0.4, 0.5) is 11.6 Å². The van der Waals surface area contributed by atoms with Crippen molar-refractivity contribution in [3.8, 4) is 0 Å². The van der Waals surface area contributed by atoms with Crippen molar-refractivity contribution < 1.29 is 4.74 Å². The normalized spacial score (nSPS) is 17.7. The monoisotopic (exact) mass is 328 g/mol. The van der Waals surface area contributed by atoms with Gasteiger partial charge in [0.1, 0.15) is 11.6 Å². The first kappa shape index (κ1) is 16.6. The SMILES string of the molecule is COCCNc1ccc(C[C@@H]2CCCN(c3cnccn3)C2)nn1. The minimum absolute atomic E-state index is 0.572. The smallest absolute Gasteiger partial charge is 0.148 e. The quantitative estimate of drug-likeness (QED) is 0.776. The number of aromatic nitrogens is 4. The van der Waals surface area contributed by atoms with Crippen LogP contribution in [-0.2, 0) is 11.2 Å². The van der Waals surface area contributed by atoms with Crippen LogP contribution in [0.15, 0.2) is 30.7 Å². The minimum atomic E-state index is 0.572. The maximum atomic E-state index is 5.01. The van der Waals surface area contributed by atoms with Gasteiger partial charge in [0.2, 0.25) is 0 Å². The number of anilines is 2. The summed E-state index contributed by atoms with van der Waals surface area (Å²) in [6.45, 7) is 3.43. The molecule has 7 nitrogen and oxygen atoms in total. The molecule has 1 N–H and O–H groups in total. The van der Waals surface area contributed by atoms with Crippen LogP contribution in [0.25, 0.3) is 0 Å². The molecule has 1 aliphatic heterocycles. The highest BCUT2D eigenvalue weighted by Crippen LogP contribution is 2.23. The van der Waals surface area contributed by atoms with Crippen LogP contribution < -0.4 is 10.2 Å². The molecule has 0 spiro atoms. The summed E-state index contributed by atoms with van der Waals surface area (Å²) in [6.07, 6.45) is 8.63.